The second kappa shape index (κ2) is 7.05. The standard InChI is InChI=1S/C18H25NO3/c1-14-4-6-15(7-5-14)16(21)8-9-17(22)19-11-3-10-18(2,12-19)13-20/h4-7,20H,3,8-13H2,1-2H3. The van der Waals surface area contributed by atoms with Gasteiger partial charge in [-0.05, 0) is 19.8 Å². The fourth-order valence-corrected chi connectivity index (χ4v) is 2.92. The first-order valence-corrected chi connectivity index (χ1v) is 7.92. The summed E-state index contributed by atoms with van der Waals surface area (Å²) in [4.78, 5) is 26.2. The number of aryl methyl sites for hydroxylation is 1. The molecule has 1 unspecified atom stereocenters. The lowest BCUT2D eigenvalue weighted by Gasteiger charge is -2.39. The zero-order chi connectivity index (χ0) is 16.2. The molecule has 1 aromatic rings. The molecule has 4 heteroatoms. The van der Waals surface area contributed by atoms with Gasteiger partial charge in [-0.2, -0.15) is 0 Å². The van der Waals surface area contributed by atoms with Crippen LogP contribution in [0.1, 0.15) is 48.5 Å². The van der Waals surface area contributed by atoms with Gasteiger partial charge < -0.3 is 10.0 Å². The Bertz CT molecular complexity index is 538. The van der Waals surface area contributed by atoms with Crippen molar-refractivity contribution < 1.29 is 14.7 Å². The topological polar surface area (TPSA) is 57.6 Å². The summed E-state index contributed by atoms with van der Waals surface area (Å²) in [6, 6.07) is 7.44. The van der Waals surface area contributed by atoms with E-state index >= 15 is 0 Å². The molecule has 22 heavy (non-hydrogen) atoms. The van der Waals surface area contributed by atoms with E-state index in [1.165, 1.54) is 0 Å². The van der Waals surface area contributed by atoms with Gasteiger partial charge in [-0.15, -0.1) is 0 Å². The molecule has 1 atom stereocenters. The van der Waals surface area contributed by atoms with Crippen LogP contribution in [0.15, 0.2) is 24.3 Å². The molecule has 1 aliphatic heterocycles. The van der Waals surface area contributed by atoms with Gasteiger partial charge in [0, 0.05) is 36.9 Å². The molecule has 1 N–H and O–H groups in total. The van der Waals surface area contributed by atoms with Crippen molar-refractivity contribution in [1.82, 2.24) is 4.90 Å². The molecule has 1 saturated heterocycles. The molecule has 120 valence electrons. The third-order valence-corrected chi connectivity index (χ3v) is 4.45. The Kier molecular flexibility index (Phi) is 5.35. The van der Waals surface area contributed by atoms with E-state index in [9.17, 15) is 14.7 Å². The van der Waals surface area contributed by atoms with Crippen molar-refractivity contribution in [3.63, 3.8) is 0 Å². The Balaban J connectivity index is 1.87. The van der Waals surface area contributed by atoms with Crippen LogP contribution in [0.5, 0.6) is 0 Å². The number of Topliss-reactive ketones (excluding diaryl/α,β-unsaturated/α-hetero) is 1. The van der Waals surface area contributed by atoms with Crippen LogP contribution in [0.4, 0.5) is 0 Å². The van der Waals surface area contributed by atoms with Crippen LogP contribution in [0.25, 0.3) is 0 Å². The number of benzene rings is 1. The van der Waals surface area contributed by atoms with E-state index in [0.717, 1.165) is 24.9 Å². The first kappa shape index (κ1) is 16.7. The number of amides is 1. The molecule has 2 rings (SSSR count). The summed E-state index contributed by atoms with van der Waals surface area (Å²) in [7, 11) is 0. The monoisotopic (exact) mass is 303 g/mol. The molecule has 4 nitrogen and oxygen atoms in total. The number of piperidine rings is 1. The number of nitrogens with zero attached hydrogens (tertiary/aromatic N) is 1. The van der Waals surface area contributed by atoms with E-state index in [1.54, 1.807) is 4.90 Å². The van der Waals surface area contributed by atoms with Crippen LogP contribution in [0.3, 0.4) is 0 Å². The Morgan fingerprint density at radius 3 is 2.55 bits per heavy atom. The molecule has 1 amide bonds. The molecular formula is C18H25NO3. The summed E-state index contributed by atoms with van der Waals surface area (Å²) >= 11 is 0. The van der Waals surface area contributed by atoms with E-state index in [-0.39, 0.29) is 36.6 Å². The van der Waals surface area contributed by atoms with Gasteiger partial charge in [0.2, 0.25) is 5.91 Å². The minimum atomic E-state index is -0.200. The van der Waals surface area contributed by atoms with Crippen LogP contribution in [-0.2, 0) is 4.79 Å². The van der Waals surface area contributed by atoms with Crippen LogP contribution in [0.2, 0.25) is 0 Å². The number of carbonyl (C=O) groups excluding carboxylic acids is 2. The summed E-state index contributed by atoms with van der Waals surface area (Å²) in [5, 5.41) is 9.45. The quantitative estimate of drug-likeness (QED) is 0.851. The van der Waals surface area contributed by atoms with Crippen molar-refractivity contribution in [3.05, 3.63) is 35.4 Å². The third-order valence-electron chi connectivity index (χ3n) is 4.45. The SMILES string of the molecule is Cc1ccc(C(=O)CCC(=O)N2CCCC(C)(CO)C2)cc1. The van der Waals surface area contributed by atoms with Crippen LogP contribution in [-0.4, -0.2) is 41.4 Å². The van der Waals surface area contributed by atoms with Crippen molar-refractivity contribution in [2.75, 3.05) is 19.7 Å². The fourth-order valence-electron chi connectivity index (χ4n) is 2.92. The van der Waals surface area contributed by atoms with Crippen molar-refractivity contribution in [3.8, 4) is 0 Å². The van der Waals surface area contributed by atoms with Gasteiger partial charge in [0.15, 0.2) is 5.78 Å². The highest BCUT2D eigenvalue weighted by Crippen LogP contribution is 2.29. The first-order valence-electron chi connectivity index (χ1n) is 7.92. The van der Waals surface area contributed by atoms with Crippen molar-refractivity contribution in [2.45, 2.75) is 39.5 Å². The van der Waals surface area contributed by atoms with E-state index in [0.29, 0.717) is 12.1 Å². The highest BCUT2D eigenvalue weighted by molar-refractivity contribution is 5.97. The molecular weight excluding hydrogens is 278 g/mol. The average molecular weight is 303 g/mol. The normalized spacial score (nSPS) is 21.7. The van der Waals surface area contributed by atoms with Crippen molar-refractivity contribution >= 4 is 11.7 Å². The van der Waals surface area contributed by atoms with Crippen molar-refractivity contribution in [1.29, 1.82) is 0 Å². The molecule has 0 saturated carbocycles. The van der Waals surface area contributed by atoms with E-state index < -0.39 is 0 Å². The minimum absolute atomic E-state index is 0.00952. The van der Waals surface area contributed by atoms with Crippen LogP contribution >= 0.6 is 0 Å². The summed E-state index contributed by atoms with van der Waals surface area (Å²) < 4.78 is 0. The highest BCUT2D eigenvalue weighted by atomic mass is 16.3. The molecule has 0 aromatic heterocycles. The molecule has 1 aromatic carbocycles. The zero-order valence-electron chi connectivity index (χ0n) is 13.5. The number of aliphatic hydroxyl groups excluding tert-OH is 1. The Labute approximate surface area is 132 Å². The molecule has 1 fully saturated rings. The van der Waals surface area contributed by atoms with E-state index in [4.69, 9.17) is 0 Å². The summed E-state index contributed by atoms with van der Waals surface area (Å²) in [5.41, 5.74) is 1.58. The molecule has 0 bridgehead atoms. The highest BCUT2D eigenvalue weighted by Gasteiger charge is 2.32. The lowest BCUT2D eigenvalue weighted by Crippen LogP contribution is -2.46. The summed E-state index contributed by atoms with van der Waals surface area (Å²) in [6.45, 7) is 5.39. The third kappa shape index (κ3) is 4.17. The Morgan fingerprint density at radius 2 is 1.91 bits per heavy atom. The molecule has 0 radical (unpaired) electrons. The van der Waals surface area contributed by atoms with Gasteiger partial charge in [0.25, 0.3) is 0 Å². The van der Waals surface area contributed by atoms with Gasteiger partial charge in [0.05, 0.1) is 6.61 Å². The molecule has 1 aliphatic rings. The molecule has 1 heterocycles. The van der Waals surface area contributed by atoms with Gasteiger partial charge in [-0.3, -0.25) is 9.59 Å². The van der Waals surface area contributed by atoms with Gasteiger partial charge in [-0.1, -0.05) is 36.8 Å². The maximum absolute atomic E-state index is 12.3. The number of likely N-dealkylation sites (tertiary alicyclic amines) is 1. The average Bonchev–Trinajstić information content (AvgIpc) is 2.53. The zero-order valence-corrected chi connectivity index (χ0v) is 13.5. The van der Waals surface area contributed by atoms with Gasteiger partial charge >= 0.3 is 0 Å². The summed E-state index contributed by atoms with van der Waals surface area (Å²) in [6.07, 6.45) is 2.34. The predicted molar refractivity (Wildman–Crippen MR) is 85.8 cm³/mol. The van der Waals surface area contributed by atoms with E-state index in [2.05, 4.69) is 0 Å². The number of hydrogen-bond acceptors (Lipinski definition) is 3. The first-order chi connectivity index (χ1) is 10.4. The van der Waals surface area contributed by atoms with Crippen LogP contribution in [0, 0.1) is 12.3 Å². The lowest BCUT2D eigenvalue weighted by molar-refractivity contribution is -0.135. The minimum Gasteiger partial charge on any atom is -0.396 e. The Morgan fingerprint density at radius 1 is 1.23 bits per heavy atom. The number of hydrogen-bond donors (Lipinski definition) is 1. The van der Waals surface area contributed by atoms with E-state index in [1.807, 2.05) is 38.1 Å². The number of rotatable bonds is 5. The Hall–Kier alpha value is -1.68. The van der Waals surface area contributed by atoms with Gasteiger partial charge in [0.1, 0.15) is 0 Å². The maximum atomic E-state index is 12.3. The van der Waals surface area contributed by atoms with Crippen LogP contribution < -0.4 is 0 Å². The fraction of sp³-hybridized carbons (Fsp3) is 0.556. The van der Waals surface area contributed by atoms with Gasteiger partial charge in [-0.25, -0.2) is 0 Å². The largest absolute Gasteiger partial charge is 0.396 e. The van der Waals surface area contributed by atoms with Crippen molar-refractivity contribution in [2.24, 2.45) is 5.41 Å². The second-order valence-corrected chi connectivity index (χ2v) is 6.68. The second-order valence-electron chi connectivity index (χ2n) is 6.68. The maximum Gasteiger partial charge on any atom is 0.223 e. The number of ketones is 1. The number of carbonyl (C=O) groups is 2. The predicted octanol–water partition coefficient (Wildman–Crippen LogP) is 2.58. The summed E-state index contributed by atoms with van der Waals surface area (Å²) in [5.74, 6) is 0.0233. The smallest absolute Gasteiger partial charge is 0.223 e. The molecule has 0 spiro atoms. The number of aliphatic hydroxyl groups is 1. The molecule has 0 aliphatic carbocycles. The lowest BCUT2D eigenvalue weighted by atomic mass is 9.82.